The van der Waals surface area contributed by atoms with Gasteiger partial charge in [-0.2, -0.15) is 0 Å². The van der Waals surface area contributed by atoms with Crippen molar-refractivity contribution in [1.82, 2.24) is 9.88 Å². The Morgan fingerprint density at radius 1 is 1.18 bits per heavy atom. The number of hydrogen-bond acceptors (Lipinski definition) is 5. The van der Waals surface area contributed by atoms with Gasteiger partial charge < -0.3 is 10.0 Å². The standard InChI is InChI=1S/C17H23N3OS/c1-14-13-22-17(18-14)20-9-5-8-19(10-11-20)12-16(21)15-6-3-2-4-7-15/h2-4,6-7,13,16,21H,5,8-12H2,1H3. The highest BCUT2D eigenvalue weighted by Crippen LogP contribution is 2.22. The zero-order valence-electron chi connectivity index (χ0n) is 13.0. The highest BCUT2D eigenvalue weighted by atomic mass is 32.1. The largest absolute Gasteiger partial charge is 0.387 e. The lowest BCUT2D eigenvalue weighted by atomic mass is 10.1. The maximum absolute atomic E-state index is 10.4. The van der Waals surface area contributed by atoms with Gasteiger partial charge in [-0.3, -0.25) is 4.90 Å². The molecular weight excluding hydrogens is 294 g/mol. The molecule has 22 heavy (non-hydrogen) atoms. The van der Waals surface area contributed by atoms with Crippen molar-refractivity contribution < 1.29 is 5.11 Å². The molecule has 1 aromatic heterocycles. The molecule has 118 valence electrons. The molecule has 3 rings (SSSR count). The molecule has 1 aliphatic rings. The van der Waals surface area contributed by atoms with E-state index in [1.54, 1.807) is 11.3 Å². The number of benzene rings is 1. The SMILES string of the molecule is Cc1csc(N2CCCN(CC(O)c3ccccc3)CC2)n1. The Balaban J connectivity index is 1.56. The predicted octanol–water partition coefficient (Wildman–Crippen LogP) is 2.70. The van der Waals surface area contributed by atoms with Crippen LogP contribution >= 0.6 is 11.3 Å². The van der Waals surface area contributed by atoms with Gasteiger partial charge in [0.1, 0.15) is 0 Å². The number of hydrogen-bond donors (Lipinski definition) is 1. The van der Waals surface area contributed by atoms with E-state index in [-0.39, 0.29) is 0 Å². The minimum atomic E-state index is -0.408. The van der Waals surface area contributed by atoms with E-state index in [0.29, 0.717) is 6.54 Å². The average Bonchev–Trinajstić information content (AvgIpc) is 2.83. The number of thiazole rings is 1. The van der Waals surface area contributed by atoms with Crippen LogP contribution in [0.4, 0.5) is 5.13 Å². The molecule has 0 saturated carbocycles. The number of nitrogens with zero attached hydrogens (tertiary/aromatic N) is 3. The second-order valence-electron chi connectivity index (χ2n) is 5.84. The third-order valence-electron chi connectivity index (χ3n) is 4.08. The van der Waals surface area contributed by atoms with Crippen LogP contribution in [0.15, 0.2) is 35.7 Å². The second-order valence-corrected chi connectivity index (χ2v) is 6.68. The van der Waals surface area contributed by atoms with E-state index in [9.17, 15) is 5.11 Å². The molecule has 1 fully saturated rings. The fourth-order valence-electron chi connectivity index (χ4n) is 2.86. The molecule has 0 spiro atoms. The first kappa shape index (κ1) is 15.5. The van der Waals surface area contributed by atoms with Crippen LogP contribution in [0.2, 0.25) is 0 Å². The summed E-state index contributed by atoms with van der Waals surface area (Å²) in [7, 11) is 0. The topological polar surface area (TPSA) is 39.6 Å². The van der Waals surface area contributed by atoms with Crippen LogP contribution < -0.4 is 4.90 Å². The lowest BCUT2D eigenvalue weighted by Gasteiger charge is -2.24. The Labute approximate surface area is 136 Å². The van der Waals surface area contributed by atoms with Gasteiger partial charge in [0, 0.05) is 38.1 Å². The van der Waals surface area contributed by atoms with Crippen LogP contribution in [0, 0.1) is 6.92 Å². The molecule has 2 heterocycles. The number of aliphatic hydroxyl groups is 1. The van der Waals surface area contributed by atoms with E-state index in [0.717, 1.165) is 49.0 Å². The van der Waals surface area contributed by atoms with Gasteiger partial charge in [-0.05, 0) is 18.9 Å². The lowest BCUT2D eigenvalue weighted by Crippen LogP contribution is -2.33. The Morgan fingerprint density at radius 2 is 2.00 bits per heavy atom. The Bertz CT molecular complexity index is 587. The van der Waals surface area contributed by atoms with E-state index in [1.165, 1.54) is 0 Å². The number of aromatic nitrogens is 1. The van der Waals surface area contributed by atoms with Crippen LogP contribution in [0.25, 0.3) is 0 Å². The van der Waals surface area contributed by atoms with Crippen LogP contribution in [-0.2, 0) is 0 Å². The molecule has 1 saturated heterocycles. The van der Waals surface area contributed by atoms with Crippen LogP contribution in [0.3, 0.4) is 0 Å². The van der Waals surface area contributed by atoms with Gasteiger partial charge in [0.05, 0.1) is 11.8 Å². The predicted molar refractivity (Wildman–Crippen MR) is 91.5 cm³/mol. The van der Waals surface area contributed by atoms with Gasteiger partial charge in [0.2, 0.25) is 0 Å². The third-order valence-corrected chi connectivity index (χ3v) is 5.10. The van der Waals surface area contributed by atoms with Crippen molar-refractivity contribution in [2.24, 2.45) is 0 Å². The van der Waals surface area contributed by atoms with Gasteiger partial charge in [-0.25, -0.2) is 4.98 Å². The summed E-state index contributed by atoms with van der Waals surface area (Å²) in [5.41, 5.74) is 2.10. The third kappa shape index (κ3) is 3.85. The summed E-state index contributed by atoms with van der Waals surface area (Å²) >= 11 is 1.72. The van der Waals surface area contributed by atoms with Gasteiger partial charge in [-0.15, -0.1) is 11.3 Å². The second kappa shape index (κ2) is 7.22. The van der Waals surface area contributed by atoms with Crippen molar-refractivity contribution in [1.29, 1.82) is 0 Å². The van der Waals surface area contributed by atoms with Crippen molar-refractivity contribution in [3.63, 3.8) is 0 Å². The van der Waals surface area contributed by atoms with Crippen LogP contribution in [-0.4, -0.2) is 47.7 Å². The number of β-amino-alcohol motifs (C(OH)–C–C–N with tert-alkyl or cyclic N) is 1. The minimum absolute atomic E-state index is 0.408. The first-order valence-corrected chi connectivity index (χ1v) is 8.73. The molecule has 1 unspecified atom stereocenters. The smallest absolute Gasteiger partial charge is 0.185 e. The number of anilines is 1. The van der Waals surface area contributed by atoms with Gasteiger partial charge in [0.15, 0.2) is 5.13 Å². The summed E-state index contributed by atoms with van der Waals surface area (Å²) in [5.74, 6) is 0. The molecule has 1 aromatic carbocycles. The maximum Gasteiger partial charge on any atom is 0.185 e. The molecular formula is C17H23N3OS. The average molecular weight is 317 g/mol. The first-order valence-electron chi connectivity index (χ1n) is 7.85. The van der Waals surface area contributed by atoms with Crippen molar-refractivity contribution in [2.45, 2.75) is 19.4 Å². The summed E-state index contributed by atoms with van der Waals surface area (Å²) in [5, 5.41) is 13.6. The van der Waals surface area contributed by atoms with Crippen molar-refractivity contribution in [3.8, 4) is 0 Å². The highest BCUT2D eigenvalue weighted by molar-refractivity contribution is 7.13. The molecule has 2 aromatic rings. The zero-order chi connectivity index (χ0) is 15.4. The Morgan fingerprint density at radius 3 is 2.73 bits per heavy atom. The molecule has 4 nitrogen and oxygen atoms in total. The van der Waals surface area contributed by atoms with Crippen molar-refractivity contribution in [3.05, 3.63) is 47.0 Å². The summed E-state index contributed by atoms with van der Waals surface area (Å²) < 4.78 is 0. The molecule has 1 aliphatic heterocycles. The summed E-state index contributed by atoms with van der Waals surface area (Å²) in [6.45, 7) is 6.78. The van der Waals surface area contributed by atoms with Crippen molar-refractivity contribution in [2.75, 3.05) is 37.6 Å². The van der Waals surface area contributed by atoms with Gasteiger partial charge in [-0.1, -0.05) is 30.3 Å². The molecule has 1 N–H and O–H groups in total. The fraction of sp³-hybridized carbons (Fsp3) is 0.471. The summed E-state index contributed by atoms with van der Waals surface area (Å²) in [6.07, 6.45) is 0.704. The normalized spacial score (nSPS) is 18.2. The zero-order valence-corrected chi connectivity index (χ0v) is 13.8. The molecule has 0 amide bonds. The van der Waals surface area contributed by atoms with E-state index >= 15 is 0 Å². The molecule has 0 bridgehead atoms. The van der Waals surface area contributed by atoms with Crippen molar-refractivity contribution >= 4 is 16.5 Å². The molecule has 5 heteroatoms. The minimum Gasteiger partial charge on any atom is -0.387 e. The quantitative estimate of drug-likeness (QED) is 0.941. The van der Waals surface area contributed by atoms with Crippen LogP contribution in [0.1, 0.15) is 23.8 Å². The lowest BCUT2D eigenvalue weighted by molar-refractivity contribution is 0.117. The maximum atomic E-state index is 10.4. The van der Waals surface area contributed by atoms with E-state index in [2.05, 4.69) is 20.2 Å². The number of aryl methyl sites for hydroxylation is 1. The first-order chi connectivity index (χ1) is 10.7. The fourth-order valence-corrected chi connectivity index (χ4v) is 3.71. The molecule has 0 radical (unpaired) electrons. The Kier molecular flexibility index (Phi) is 5.08. The number of rotatable bonds is 4. The summed E-state index contributed by atoms with van der Waals surface area (Å²) in [4.78, 5) is 9.31. The Hall–Kier alpha value is -1.43. The molecule has 0 aliphatic carbocycles. The molecule has 1 atom stereocenters. The van der Waals surface area contributed by atoms with Crippen LogP contribution in [0.5, 0.6) is 0 Å². The summed E-state index contributed by atoms with van der Waals surface area (Å²) in [6, 6.07) is 9.93. The monoisotopic (exact) mass is 317 g/mol. The highest BCUT2D eigenvalue weighted by Gasteiger charge is 2.19. The van der Waals surface area contributed by atoms with Gasteiger partial charge >= 0.3 is 0 Å². The number of aliphatic hydroxyl groups excluding tert-OH is 1. The van der Waals surface area contributed by atoms with Gasteiger partial charge in [0.25, 0.3) is 0 Å². The van der Waals surface area contributed by atoms with E-state index in [4.69, 9.17) is 0 Å². The van der Waals surface area contributed by atoms with E-state index in [1.807, 2.05) is 37.3 Å². The van der Waals surface area contributed by atoms with E-state index < -0.39 is 6.10 Å².